The Labute approximate surface area is 189 Å². The minimum Gasteiger partial charge on any atom is -0.478 e. The number of piperidine rings is 1. The average Bonchev–Trinajstić information content (AvgIpc) is 2.78. The van der Waals surface area contributed by atoms with Gasteiger partial charge in [-0.1, -0.05) is 30.3 Å². The highest BCUT2D eigenvalue weighted by atomic mass is 35.5. The smallest absolute Gasteiger partial charge is 0.217 e. The number of benzene rings is 2. The zero-order chi connectivity index (χ0) is 20.8. The number of hydrogen-bond acceptors (Lipinski definition) is 4. The van der Waals surface area contributed by atoms with Gasteiger partial charge >= 0.3 is 0 Å². The van der Waals surface area contributed by atoms with Crippen LogP contribution < -0.4 is 4.74 Å². The third-order valence-corrected chi connectivity index (χ3v) is 5.68. The second-order valence-corrected chi connectivity index (χ2v) is 7.87. The summed E-state index contributed by atoms with van der Waals surface area (Å²) in [5.74, 6) is 1.65. The van der Waals surface area contributed by atoms with Crippen molar-refractivity contribution in [2.24, 2.45) is 0 Å². The van der Waals surface area contributed by atoms with E-state index in [1.807, 2.05) is 13.0 Å². The molecule has 1 fully saturated rings. The lowest BCUT2D eigenvalue weighted by Gasteiger charge is -2.32. The first-order valence-corrected chi connectivity index (χ1v) is 10.7. The van der Waals surface area contributed by atoms with Crippen LogP contribution in [-0.2, 0) is 0 Å². The van der Waals surface area contributed by atoms with Crippen molar-refractivity contribution in [1.29, 1.82) is 0 Å². The van der Waals surface area contributed by atoms with E-state index in [-0.39, 0.29) is 18.2 Å². The molecule has 6 heteroatoms. The van der Waals surface area contributed by atoms with Crippen LogP contribution in [0.5, 0.6) is 5.88 Å². The van der Waals surface area contributed by atoms with Gasteiger partial charge in [0.15, 0.2) is 0 Å². The number of aryl methyl sites for hydroxylation is 1. The van der Waals surface area contributed by atoms with Crippen LogP contribution in [0.2, 0.25) is 0 Å². The van der Waals surface area contributed by atoms with E-state index in [2.05, 4.69) is 45.2 Å². The Bertz CT molecular complexity index is 945. The van der Waals surface area contributed by atoms with Crippen molar-refractivity contribution in [3.05, 3.63) is 77.9 Å². The molecule has 0 atom stereocenters. The molecule has 4 nitrogen and oxygen atoms in total. The van der Waals surface area contributed by atoms with Crippen LogP contribution in [0.3, 0.4) is 0 Å². The quantitative estimate of drug-likeness (QED) is 0.443. The summed E-state index contributed by atoms with van der Waals surface area (Å²) in [7, 11) is 0. The number of nitrogens with zero attached hydrogens (tertiary/aromatic N) is 3. The highest BCUT2D eigenvalue weighted by Crippen LogP contribution is 2.27. The van der Waals surface area contributed by atoms with Crippen molar-refractivity contribution in [3.8, 4) is 17.1 Å². The largest absolute Gasteiger partial charge is 0.478 e. The molecule has 0 spiro atoms. The molecule has 0 aliphatic carbocycles. The van der Waals surface area contributed by atoms with Gasteiger partial charge < -0.3 is 9.64 Å². The number of ether oxygens (including phenoxy) is 1. The highest BCUT2D eigenvalue weighted by Gasteiger charge is 2.20. The molecule has 1 aromatic heterocycles. The van der Waals surface area contributed by atoms with Crippen LogP contribution in [0.15, 0.2) is 60.7 Å². The molecular formula is C25H29ClFN3O. The van der Waals surface area contributed by atoms with E-state index < -0.39 is 0 Å². The molecule has 2 heterocycles. The van der Waals surface area contributed by atoms with Crippen molar-refractivity contribution in [2.45, 2.75) is 32.1 Å². The Morgan fingerprint density at radius 1 is 1.00 bits per heavy atom. The topological polar surface area (TPSA) is 38.2 Å². The molecular weight excluding hydrogens is 413 g/mol. The van der Waals surface area contributed by atoms with Crippen molar-refractivity contribution >= 4 is 12.4 Å². The molecule has 4 rings (SSSR count). The summed E-state index contributed by atoms with van der Waals surface area (Å²) in [6, 6.07) is 19.0. The van der Waals surface area contributed by atoms with Crippen molar-refractivity contribution in [3.63, 3.8) is 0 Å². The first-order valence-electron chi connectivity index (χ1n) is 10.7. The zero-order valence-corrected chi connectivity index (χ0v) is 18.7. The molecule has 0 amide bonds. The Morgan fingerprint density at radius 3 is 2.42 bits per heavy atom. The minimum atomic E-state index is -0.256. The lowest BCUT2D eigenvalue weighted by Crippen LogP contribution is -2.34. The highest BCUT2D eigenvalue weighted by molar-refractivity contribution is 5.85. The summed E-state index contributed by atoms with van der Waals surface area (Å²) in [6.45, 7) is 5.78. The second-order valence-electron chi connectivity index (χ2n) is 7.87. The summed E-state index contributed by atoms with van der Waals surface area (Å²) in [6.07, 6.45) is 3.40. The number of rotatable bonds is 7. The lowest BCUT2D eigenvalue weighted by molar-refractivity contribution is 0.191. The van der Waals surface area contributed by atoms with Gasteiger partial charge in [0.1, 0.15) is 11.6 Å². The minimum absolute atomic E-state index is 0. The van der Waals surface area contributed by atoms with Gasteiger partial charge in [-0.2, -0.15) is 4.98 Å². The first kappa shape index (κ1) is 23.2. The number of likely N-dealkylation sites (tertiary alicyclic amines) is 1. The maximum Gasteiger partial charge on any atom is 0.217 e. The summed E-state index contributed by atoms with van der Waals surface area (Å²) < 4.78 is 19.1. The molecule has 1 saturated heterocycles. The van der Waals surface area contributed by atoms with Crippen LogP contribution >= 0.6 is 12.4 Å². The number of hydrogen-bond donors (Lipinski definition) is 0. The molecule has 2 aromatic carbocycles. The van der Waals surface area contributed by atoms with Gasteiger partial charge in [0.05, 0.1) is 12.3 Å². The summed E-state index contributed by atoms with van der Waals surface area (Å²) in [5.41, 5.74) is 3.07. The SMILES string of the molecule is Cc1nc(OCCCN2CCC(c3ccccc3)CC2)cc(-c2ccc(F)cc2)n1.Cl. The van der Waals surface area contributed by atoms with Gasteiger partial charge in [-0.15, -0.1) is 12.4 Å². The Hall–Kier alpha value is -2.50. The van der Waals surface area contributed by atoms with Gasteiger partial charge in [0.2, 0.25) is 5.88 Å². The third kappa shape index (κ3) is 6.49. The van der Waals surface area contributed by atoms with Crippen LogP contribution in [0, 0.1) is 12.7 Å². The predicted molar refractivity (Wildman–Crippen MR) is 124 cm³/mol. The maximum absolute atomic E-state index is 13.2. The summed E-state index contributed by atoms with van der Waals surface area (Å²) in [4.78, 5) is 11.4. The zero-order valence-electron chi connectivity index (χ0n) is 17.8. The van der Waals surface area contributed by atoms with Gasteiger partial charge in [-0.25, -0.2) is 9.37 Å². The molecule has 0 radical (unpaired) electrons. The van der Waals surface area contributed by atoms with E-state index in [0.29, 0.717) is 24.2 Å². The van der Waals surface area contributed by atoms with Crippen molar-refractivity contribution in [1.82, 2.24) is 14.9 Å². The fourth-order valence-electron chi connectivity index (χ4n) is 4.06. The van der Waals surface area contributed by atoms with Crippen LogP contribution in [-0.4, -0.2) is 41.1 Å². The van der Waals surface area contributed by atoms with Gasteiger partial charge in [-0.3, -0.25) is 0 Å². The van der Waals surface area contributed by atoms with E-state index in [4.69, 9.17) is 4.74 Å². The first-order chi connectivity index (χ1) is 14.7. The van der Waals surface area contributed by atoms with E-state index in [1.165, 1.54) is 30.5 Å². The van der Waals surface area contributed by atoms with Crippen LogP contribution in [0.25, 0.3) is 11.3 Å². The third-order valence-electron chi connectivity index (χ3n) is 5.68. The predicted octanol–water partition coefficient (Wildman–Crippen LogP) is 5.66. The molecule has 164 valence electrons. The molecule has 0 unspecified atom stereocenters. The van der Waals surface area contributed by atoms with Crippen LogP contribution in [0.4, 0.5) is 4.39 Å². The van der Waals surface area contributed by atoms with Gasteiger partial charge in [-0.05, 0) is 75.0 Å². The van der Waals surface area contributed by atoms with E-state index in [0.717, 1.165) is 37.3 Å². The monoisotopic (exact) mass is 441 g/mol. The second kappa shape index (κ2) is 11.2. The maximum atomic E-state index is 13.2. The van der Waals surface area contributed by atoms with Crippen molar-refractivity contribution < 1.29 is 9.13 Å². The van der Waals surface area contributed by atoms with E-state index >= 15 is 0 Å². The van der Waals surface area contributed by atoms with E-state index in [9.17, 15) is 4.39 Å². The van der Waals surface area contributed by atoms with Gasteiger partial charge in [0.25, 0.3) is 0 Å². The summed E-state index contributed by atoms with van der Waals surface area (Å²) >= 11 is 0. The molecule has 0 N–H and O–H groups in total. The Kier molecular flexibility index (Phi) is 8.38. The fraction of sp³-hybridized carbons (Fsp3) is 0.360. The standard InChI is InChI=1S/C25H28FN3O.ClH/c1-19-27-24(22-8-10-23(26)11-9-22)18-25(28-19)30-17-5-14-29-15-12-21(13-16-29)20-6-3-2-4-7-20;/h2-4,6-11,18,21H,5,12-17H2,1H3;1H. The molecule has 0 bridgehead atoms. The van der Waals surface area contributed by atoms with Gasteiger partial charge in [0, 0.05) is 18.2 Å². The Balaban J connectivity index is 0.00000272. The molecule has 1 aliphatic heterocycles. The average molecular weight is 442 g/mol. The Morgan fingerprint density at radius 2 is 1.71 bits per heavy atom. The van der Waals surface area contributed by atoms with Crippen LogP contribution in [0.1, 0.15) is 36.6 Å². The molecule has 31 heavy (non-hydrogen) atoms. The van der Waals surface area contributed by atoms with E-state index in [1.54, 1.807) is 12.1 Å². The molecule has 0 saturated carbocycles. The molecule has 1 aliphatic rings. The number of aromatic nitrogens is 2. The normalized spacial score (nSPS) is 14.8. The summed E-state index contributed by atoms with van der Waals surface area (Å²) in [5, 5.41) is 0. The van der Waals surface area contributed by atoms with Crippen molar-refractivity contribution in [2.75, 3.05) is 26.2 Å². The number of halogens is 2. The molecule has 3 aromatic rings. The fourth-order valence-corrected chi connectivity index (χ4v) is 4.06. The lowest BCUT2D eigenvalue weighted by atomic mass is 9.89.